The van der Waals surface area contributed by atoms with Crippen molar-refractivity contribution in [3.05, 3.63) is 48.0 Å². The molecule has 35 heavy (non-hydrogen) atoms. The van der Waals surface area contributed by atoms with Crippen molar-refractivity contribution in [1.82, 2.24) is 5.32 Å². The summed E-state index contributed by atoms with van der Waals surface area (Å²) in [4.78, 5) is 12.4. The minimum Gasteiger partial charge on any atom is -0.497 e. The van der Waals surface area contributed by atoms with Crippen LogP contribution in [0.1, 0.15) is 25.3 Å². The topological polar surface area (TPSA) is 99.3 Å². The molecule has 4 atom stereocenters. The van der Waals surface area contributed by atoms with Gasteiger partial charge in [-0.2, -0.15) is 0 Å². The van der Waals surface area contributed by atoms with E-state index in [9.17, 15) is 4.79 Å². The van der Waals surface area contributed by atoms with Crippen molar-refractivity contribution in [1.29, 1.82) is 0 Å². The molecule has 2 saturated heterocycles. The number of carbonyl (C=O) groups is 1. The lowest BCUT2D eigenvalue weighted by molar-refractivity contribution is 0.00880. The quantitative estimate of drug-likeness (QED) is 0.488. The molecule has 2 aromatic carbocycles. The molecule has 2 heterocycles. The molecule has 2 aliphatic heterocycles. The highest BCUT2D eigenvalue weighted by Crippen LogP contribution is 2.30. The number of fused-ring (bicyclic) bond motifs is 1. The third-order valence-electron chi connectivity index (χ3n) is 6.02. The van der Waals surface area contributed by atoms with E-state index in [0.717, 1.165) is 5.69 Å². The molecule has 0 bridgehead atoms. The minimum atomic E-state index is -0.541. The van der Waals surface area contributed by atoms with Crippen LogP contribution in [0.5, 0.6) is 11.5 Å². The molecule has 4 rings (SSSR count). The lowest BCUT2D eigenvalue weighted by Gasteiger charge is -2.20. The summed E-state index contributed by atoms with van der Waals surface area (Å²) in [5, 5.41) is 9.54. The number of methoxy groups -OCH3 is 2. The van der Waals surface area contributed by atoms with E-state index >= 15 is 0 Å². The molecular weight excluding hydrogens is 470 g/mol. The third-order valence-corrected chi connectivity index (χ3v) is 6.24. The maximum atomic E-state index is 12.4. The van der Waals surface area contributed by atoms with Gasteiger partial charge in [-0.25, -0.2) is 4.79 Å². The van der Waals surface area contributed by atoms with Gasteiger partial charge in [0.15, 0.2) is 11.2 Å². The van der Waals surface area contributed by atoms with Gasteiger partial charge in [0.25, 0.3) is 0 Å². The molecule has 9 nitrogen and oxygen atoms in total. The van der Waals surface area contributed by atoms with Crippen LogP contribution < -0.4 is 25.4 Å². The largest absolute Gasteiger partial charge is 0.497 e. The Hall–Kier alpha value is -3.08. The summed E-state index contributed by atoms with van der Waals surface area (Å²) in [7, 11) is 3.17. The molecule has 2 aliphatic rings. The fourth-order valence-corrected chi connectivity index (χ4v) is 4.41. The van der Waals surface area contributed by atoms with E-state index in [0.29, 0.717) is 34.8 Å². The Morgan fingerprint density at radius 1 is 0.943 bits per heavy atom. The Bertz CT molecular complexity index is 1030. The zero-order chi connectivity index (χ0) is 24.9. The monoisotopic (exact) mass is 501 g/mol. The van der Waals surface area contributed by atoms with Gasteiger partial charge in [-0.15, -0.1) is 0 Å². The van der Waals surface area contributed by atoms with E-state index in [1.165, 1.54) is 5.56 Å². The van der Waals surface area contributed by atoms with E-state index in [1.807, 2.05) is 36.4 Å². The van der Waals surface area contributed by atoms with Crippen molar-refractivity contribution in [3.63, 3.8) is 0 Å². The number of rotatable bonds is 7. The fraction of sp³-hybridized carbons (Fsp3) is 0.440. The predicted octanol–water partition coefficient (Wildman–Crippen LogP) is 3.90. The van der Waals surface area contributed by atoms with Crippen LogP contribution in [-0.2, 0) is 14.2 Å². The highest BCUT2D eigenvalue weighted by Gasteiger charge is 2.49. The van der Waals surface area contributed by atoms with Crippen LogP contribution in [0, 0.1) is 0 Å². The van der Waals surface area contributed by atoms with Gasteiger partial charge in [-0.05, 0) is 35.8 Å². The highest BCUT2D eigenvalue weighted by molar-refractivity contribution is 7.80. The molecule has 0 aliphatic carbocycles. The Balaban J connectivity index is 1.28. The van der Waals surface area contributed by atoms with Gasteiger partial charge >= 0.3 is 6.09 Å². The molecule has 0 radical (unpaired) electrons. The van der Waals surface area contributed by atoms with Gasteiger partial charge in [-0.3, -0.25) is 5.32 Å². The molecular formula is C25H31N3O6S. The molecule has 10 heteroatoms. The van der Waals surface area contributed by atoms with Gasteiger partial charge < -0.3 is 34.3 Å². The molecule has 0 saturated carbocycles. The first-order valence-corrected chi connectivity index (χ1v) is 11.9. The fourth-order valence-electron chi connectivity index (χ4n) is 4.14. The summed E-state index contributed by atoms with van der Waals surface area (Å²) >= 11 is 5.48. The number of hydrogen-bond acceptors (Lipinski definition) is 7. The van der Waals surface area contributed by atoms with Gasteiger partial charge in [0.1, 0.15) is 23.7 Å². The van der Waals surface area contributed by atoms with Crippen molar-refractivity contribution >= 4 is 34.8 Å². The Morgan fingerprint density at radius 2 is 1.60 bits per heavy atom. The second-order valence-corrected chi connectivity index (χ2v) is 9.16. The van der Waals surface area contributed by atoms with Crippen LogP contribution in [0.2, 0.25) is 0 Å². The van der Waals surface area contributed by atoms with Crippen molar-refractivity contribution < 1.29 is 28.5 Å². The first-order valence-electron chi connectivity index (χ1n) is 11.5. The standard InChI is InChI=1S/C25H31N3O6S/c1-14(2)15-5-7-16(8-6-15)27-25(29)34-21-13-33-22-20(12-32-23(21)22)28-24(35)26-17-9-18(30-3)11-19(10-17)31-4/h5-11,14,20-23H,12-13H2,1-4H3,(H,27,29)(H2,26,28,35)/t20-,21-,22-,23+/m0/s1. The van der Waals surface area contributed by atoms with E-state index in [4.69, 9.17) is 35.9 Å². The smallest absolute Gasteiger partial charge is 0.412 e. The highest BCUT2D eigenvalue weighted by atomic mass is 32.1. The van der Waals surface area contributed by atoms with Crippen molar-refractivity contribution in [2.75, 3.05) is 38.1 Å². The molecule has 188 valence electrons. The number of anilines is 2. The summed E-state index contributed by atoms with van der Waals surface area (Å²) < 4.78 is 28.0. The summed E-state index contributed by atoms with van der Waals surface area (Å²) in [6.45, 7) is 4.86. The van der Waals surface area contributed by atoms with Crippen LogP contribution >= 0.6 is 12.2 Å². The molecule has 3 N–H and O–H groups in total. The molecule has 0 aromatic heterocycles. The van der Waals surface area contributed by atoms with Gasteiger partial charge in [0.05, 0.1) is 33.5 Å². The number of benzene rings is 2. The van der Waals surface area contributed by atoms with E-state index in [2.05, 4.69) is 29.8 Å². The first kappa shape index (κ1) is 25.0. The van der Waals surface area contributed by atoms with Crippen LogP contribution in [0.25, 0.3) is 0 Å². The number of hydrogen-bond donors (Lipinski definition) is 3. The second-order valence-electron chi connectivity index (χ2n) is 8.75. The zero-order valence-corrected chi connectivity index (χ0v) is 21.0. The van der Waals surface area contributed by atoms with E-state index in [-0.39, 0.29) is 24.9 Å². The molecule has 2 aromatic rings. The first-order chi connectivity index (χ1) is 16.9. The number of ether oxygens (including phenoxy) is 5. The SMILES string of the molecule is COc1cc(NC(=S)N[C@H]2CO[C@H]3[C@H]2OC[C@@H]3OC(=O)Nc2ccc(C(C)C)cc2)cc(OC)c1. The van der Waals surface area contributed by atoms with E-state index < -0.39 is 12.2 Å². The maximum absolute atomic E-state index is 12.4. The summed E-state index contributed by atoms with van der Waals surface area (Å²) in [6.07, 6.45) is -1.72. The molecule has 0 unspecified atom stereocenters. The van der Waals surface area contributed by atoms with Crippen LogP contribution in [0.15, 0.2) is 42.5 Å². The van der Waals surface area contributed by atoms with E-state index in [1.54, 1.807) is 20.3 Å². The third kappa shape index (κ3) is 6.14. The minimum absolute atomic E-state index is 0.187. The normalized spacial score (nSPS) is 22.9. The average Bonchev–Trinajstić information content (AvgIpc) is 3.42. The number of thiocarbonyl (C=S) groups is 1. The molecule has 2 fully saturated rings. The van der Waals surface area contributed by atoms with Crippen molar-refractivity contribution in [2.45, 2.75) is 44.1 Å². The van der Waals surface area contributed by atoms with Gasteiger partial charge in [0.2, 0.25) is 0 Å². The molecule has 1 amide bonds. The zero-order valence-electron chi connectivity index (χ0n) is 20.2. The summed E-state index contributed by atoms with van der Waals surface area (Å²) in [6, 6.07) is 12.9. The molecule has 0 spiro atoms. The average molecular weight is 502 g/mol. The lowest BCUT2D eigenvalue weighted by atomic mass is 10.0. The van der Waals surface area contributed by atoms with Crippen LogP contribution in [0.3, 0.4) is 0 Å². The Labute approximate surface area is 210 Å². The number of nitrogens with one attached hydrogen (secondary N) is 3. The lowest BCUT2D eigenvalue weighted by Crippen LogP contribution is -2.46. The van der Waals surface area contributed by atoms with Crippen molar-refractivity contribution in [2.24, 2.45) is 0 Å². The van der Waals surface area contributed by atoms with Gasteiger partial charge in [0, 0.05) is 29.6 Å². The summed E-state index contributed by atoms with van der Waals surface area (Å²) in [5.41, 5.74) is 2.60. The Kier molecular flexibility index (Phi) is 7.94. The summed E-state index contributed by atoms with van der Waals surface area (Å²) in [5.74, 6) is 1.71. The van der Waals surface area contributed by atoms with Crippen molar-refractivity contribution in [3.8, 4) is 11.5 Å². The Morgan fingerprint density at radius 3 is 2.23 bits per heavy atom. The number of amides is 1. The van der Waals surface area contributed by atoms with Gasteiger partial charge in [-0.1, -0.05) is 26.0 Å². The second kappa shape index (κ2) is 11.1. The predicted molar refractivity (Wildman–Crippen MR) is 137 cm³/mol. The van der Waals surface area contributed by atoms with Crippen LogP contribution in [0.4, 0.5) is 16.2 Å². The number of carbonyl (C=O) groups excluding carboxylic acids is 1. The van der Waals surface area contributed by atoms with Crippen LogP contribution in [-0.4, -0.2) is 63.0 Å². The maximum Gasteiger partial charge on any atom is 0.412 e.